The molecule has 2 heterocycles. The Morgan fingerprint density at radius 3 is 2.78 bits per heavy atom. The van der Waals surface area contributed by atoms with Crippen molar-refractivity contribution in [3.63, 3.8) is 0 Å². The second-order valence-corrected chi connectivity index (χ2v) is 4.32. The van der Waals surface area contributed by atoms with Gasteiger partial charge in [0.05, 0.1) is 16.9 Å². The second-order valence-electron chi connectivity index (χ2n) is 4.32. The normalized spacial score (nSPS) is 14.2. The Balaban J connectivity index is 1.94. The monoisotopic (exact) mass is 243 g/mol. The number of fused-ring (bicyclic) bond motifs is 1. The summed E-state index contributed by atoms with van der Waals surface area (Å²) < 4.78 is 1.81. The van der Waals surface area contributed by atoms with Crippen molar-refractivity contribution in [3.05, 3.63) is 47.3 Å². The summed E-state index contributed by atoms with van der Waals surface area (Å²) in [6.45, 7) is 1.78. The molecular weight excluding hydrogens is 230 g/mol. The number of aromatic nitrogens is 2. The number of rotatable bonds is 2. The van der Waals surface area contributed by atoms with Crippen molar-refractivity contribution in [2.45, 2.75) is 13.0 Å². The molecule has 1 aliphatic heterocycles. The third-order valence-corrected chi connectivity index (χ3v) is 3.12. The Labute approximate surface area is 104 Å². The minimum Gasteiger partial charge on any atom is -0.478 e. The van der Waals surface area contributed by atoms with Gasteiger partial charge in [0.15, 0.2) is 0 Å². The van der Waals surface area contributed by atoms with Crippen molar-refractivity contribution < 1.29 is 9.90 Å². The van der Waals surface area contributed by atoms with Crippen molar-refractivity contribution in [2.24, 2.45) is 0 Å². The van der Waals surface area contributed by atoms with Crippen LogP contribution >= 0.6 is 0 Å². The van der Waals surface area contributed by atoms with Crippen LogP contribution in [0.3, 0.4) is 0 Å². The minimum absolute atomic E-state index is 0.289. The first-order valence-electron chi connectivity index (χ1n) is 5.86. The zero-order valence-electron chi connectivity index (χ0n) is 9.76. The van der Waals surface area contributed by atoms with Crippen LogP contribution in [-0.4, -0.2) is 27.4 Å². The molecular formula is C13H13N3O2. The summed E-state index contributed by atoms with van der Waals surface area (Å²) in [5, 5.41) is 16.6. The maximum Gasteiger partial charge on any atom is 0.335 e. The zero-order chi connectivity index (χ0) is 12.5. The Hall–Kier alpha value is -2.14. The number of benzene rings is 1. The van der Waals surface area contributed by atoms with Gasteiger partial charge in [-0.3, -0.25) is 0 Å². The molecule has 0 amide bonds. The van der Waals surface area contributed by atoms with E-state index in [9.17, 15) is 4.79 Å². The summed E-state index contributed by atoms with van der Waals surface area (Å²) >= 11 is 0. The largest absolute Gasteiger partial charge is 0.478 e. The topological polar surface area (TPSA) is 67.1 Å². The third-order valence-electron chi connectivity index (χ3n) is 3.12. The summed E-state index contributed by atoms with van der Waals surface area (Å²) in [4.78, 5) is 10.8. The molecule has 5 heteroatoms. The number of carbonyl (C=O) groups is 1. The third kappa shape index (κ3) is 1.89. The van der Waals surface area contributed by atoms with E-state index in [1.165, 1.54) is 5.56 Å². The molecule has 0 saturated carbocycles. The Kier molecular flexibility index (Phi) is 2.60. The molecule has 0 atom stereocenters. The van der Waals surface area contributed by atoms with Gasteiger partial charge in [-0.05, 0) is 42.8 Å². The highest BCUT2D eigenvalue weighted by Gasteiger charge is 2.13. The summed E-state index contributed by atoms with van der Waals surface area (Å²) in [6, 6.07) is 6.73. The molecule has 0 unspecified atom stereocenters. The lowest BCUT2D eigenvalue weighted by Crippen LogP contribution is -2.22. The van der Waals surface area contributed by atoms with Gasteiger partial charge in [0.1, 0.15) is 0 Å². The van der Waals surface area contributed by atoms with Crippen LogP contribution in [0.2, 0.25) is 0 Å². The van der Waals surface area contributed by atoms with E-state index in [1.54, 1.807) is 24.3 Å². The summed E-state index contributed by atoms with van der Waals surface area (Å²) in [5.41, 5.74) is 3.51. The van der Waals surface area contributed by atoms with E-state index < -0.39 is 5.97 Å². The smallest absolute Gasteiger partial charge is 0.335 e. The van der Waals surface area contributed by atoms with Crippen LogP contribution in [0.25, 0.3) is 5.69 Å². The summed E-state index contributed by atoms with van der Waals surface area (Å²) in [5.74, 6) is -0.912. The lowest BCUT2D eigenvalue weighted by Gasteiger charge is -2.09. The van der Waals surface area contributed by atoms with E-state index in [-0.39, 0.29) is 5.56 Å². The Morgan fingerprint density at radius 2 is 2.11 bits per heavy atom. The predicted octanol–water partition coefficient (Wildman–Crippen LogP) is 1.22. The highest BCUT2D eigenvalue weighted by atomic mass is 16.4. The fourth-order valence-corrected chi connectivity index (χ4v) is 2.12. The number of nitrogens with one attached hydrogen (secondary N) is 1. The van der Waals surface area contributed by atoms with Gasteiger partial charge in [0, 0.05) is 12.7 Å². The number of hydrogen-bond acceptors (Lipinski definition) is 3. The average Bonchev–Trinajstić information content (AvgIpc) is 2.82. The van der Waals surface area contributed by atoms with Crippen molar-refractivity contribution >= 4 is 5.97 Å². The maximum absolute atomic E-state index is 10.8. The highest BCUT2D eigenvalue weighted by molar-refractivity contribution is 5.87. The summed E-state index contributed by atoms with van der Waals surface area (Å²) in [6.07, 6.45) is 3.01. The second kappa shape index (κ2) is 4.27. The first kappa shape index (κ1) is 11.0. The van der Waals surface area contributed by atoms with Gasteiger partial charge in [-0.25, -0.2) is 9.48 Å². The van der Waals surface area contributed by atoms with Gasteiger partial charge in [-0.1, -0.05) is 0 Å². The van der Waals surface area contributed by atoms with Crippen LogP contribution in [0.15, 0.2) is 30.5 Å². The van der Waals surface area contributed by atoms with Gasteiger partial charge < -0.3 is 10.4 Å². The molecule has 0 fully saturated rings. The van der Waals surface area contributed by atoms with Crippen LogP contribution < -0.4 is 5.32 Å². The van der Waals surface area contributed by atoms with E-state index in [1.807, 2.05) is 10.9 Å². The Bertz CT molecular complexity index is 563. The lowest BCUT2D eigenvalue weighted by molar-refractivity contribution is 0.0697. The quantitative estimate of drug-likeness (QED) is 0.832. The molecule has 1 aliphatic rings. The molecule has 0 saturated heterocycles. The fraction of sp³-hybridized carbons (Fsp3) is 0.231. The van der Waals surface area contributed by atoms with E-state index in [4.69, 9.17) is 5.11 Å². The molecule has 5 nitrogen and oxygen atoms in total. The van der Waals surface area contributed by atoms with Crippen LogP contribution in [-0.2, 0) is 13.0 Å². The van der Waals surface area contributed by atoms with Gasteiger partial charge >= 0.3 is 5.97 Å². The minimum atomic E-state index is -0.912. The molecule has 0 radical (unpaired) electrons. The molecule has 2 N–H and O–H groups in total. The van der Waals surface area contributed by atoms with E-state index in [0.29, 0.717) is 0 Å². The number of hydrogen-bond donors (Lipinski definition) is 2. The lowest BCUT2D eigenvalue weighted by atomic mass is 10.1. The summed E-state index contributed by atoms with van der Waals surface area (Å²) in [7, 11) is 0. The van der Waals surface area contributed by atoms with E-state index in [0.717, 1.165) is 30.9 Å². The van der Waals surface area contributed by atoms with Gasteiger partial charge in [-0.15, -0.1) is 0 Å². The van der Waals surface area contributed by atoms with Crippen molar-refractivity contribution in [3.8, 4) is 5.69 Å². The number of carboxylic acid groups (broad SMARTS) is 1. The molecule has 1 aromatic carbocycles. The SMILES string of the molecule is O=C(O)c1ccc(-n2cc3c(n2)CNCC3)cc1. The zero-order valence-corrected chi connectivity index (χ0v) is 9.76. The number of aromatic carboxylic acids is 1. The highest BCUT2D eigenvalue weighted by Crippen LogP contribution is 2.16. The van der Waals surface area contributed by atoms with E-state index >= 15 is 0 Å². The first-order valence-corrected chi connectivity index (χ1v) is 5.86. The molecule has 1 aromatic heterocycles. The van der Waals surface area contributed by atoms with Crippen LogP contribution in [0.4, 0.5) is 0 Å². The Morgan fingerprint density at radius 1 is 1.33 bits per heavy atom. The van der Waals surface area contributed by atoms with Gasteiger partial charge in [0.25, 0.3) is 0 Å². The molecule has 18 heavy (non-hydrogen) atoms. The molecule has 0 bridgehead atoms. The van der Waals surface area contributed by atoms with Crippen molar-refractivity contribution in [2.75, 3.05) is 6.54 Å². The van der Waals surface area contributed by atoms with Gasteiger partial charge in [-0.2, -0.15) is 5.10 Å². The van der Waals surface area contributed by atoms with Crippen LogP contribution in [0.5, 0.6) is 0 Å². The molecule has 3 rings (SSSR count). The number of carboxylic acids is 1. The molecule has 2 aromatic rings. The molecule has 92 valence electrons. The van der Waals surface area contributed by atoms with Crippen molar-refractivity contribution in [1.82, 2.24) is 15.1 Å². The first-order chi connectivity index (χ1) is 8.74. The average molecular weight is 243 g/mol. The number of nitrogens with zero attached hydrogens (tertiary/aromatic N) is 2. The van der Waals surface area contributed by atoms with E-state index in [2.05, 4.69) is 10.4 Å². The molecule has 0 spiro atoms. The van der Waals surface area contributed by atoms with Crippen LogP contribution in [0.1, 0.15) is 21.6 Å². The maximum atomic E-state index is 10.8. The molecule has 0 aliphatic carbocycles. The van der Waals surface area contributed by atoms with Crippen molar-refractivity contribution in [1.29, 1.82) is 0 Å². The van der Waals surface area contributed by atoms with Gasteiger partial charge in [0.2, 0.25) is 0 Å². The van der Waals surface area contributed by atoms with Crippen LogP contribution in [0, 0.1) is 0 Å². The predicted molar refractivity (Wildman–Crippen MR) is 65.9 cm³/mol. The standard InChI is InChI=1S/C13H13N3O2/c17-13(18)9-1-3-11(4-2-9)16-8-10-5-6-14-7-12(10)15-16/h1-4,8,14H,5-7H2,(H,17,18). The fourth-order valence-electron chi connectivity index (χ4n) is 2.12.